The van der Waals surface area contributed by atoms with Gasteiger partial charge in [0.1, 0.15) is 0 Å². The average molecular weight is 390 g/mol. The van der Waals surface area contributed by atoms with Crippen LogP contribution in [0.2, 0.25) is 0 Å². The van der Waals surface area contributed by atoms with Crippen molar-refractivity contribution in [1.29, 1.82) is 0 Å². The lowest BCUT2D eigenvalue weighted by molar-refractivity contribution is -0.119. The maximum Gasteiger partial charge on any atom is 0.338 e. The minimum atomic E-state index is -0.513. The summed E-state index contributed by atoms with van der Waals surface area (Å²) >= 11 is 3.32. The zero-order valence-electron chi connectivity index (χ0n) is 13.9. The monoisotopic (exact) mass is 389 g/mol. The second kappa shape index (κ2) is 7.62. The first-order valence-corrected chi connectivity index (χ1v) is 8.38. The highest BCUT2D eigenvalue weighted by Crippen LogP contribution is 2.22. The van der Waals surface area contributed by atoms with E-state index in [4.69, 9.17) is 4.74 Å². The number of hydrogen-bond donors (Lipinski definition) is 1. The molecule has 0 aliphatic rings. The summed E-state index contributed by atoms with van der Waals surface area (Å²) in [5.74, 6) is -0.890. The van der Waals surface area contributed by atoms with Gasteiger partial charge in [-0.15, -0.1) is 0 Å². The largest absolute Gasteiger partial charge is 0.452 e. The molecule has 0 saturated heterocycles. The molecular formula is C19H20BrNO3. The molecule has 24 heavy (non-hydrogen) atoms. The van der Waals surface area contributed by atoms with Gasteiger partial charge in [0.25, 0.3) is 5.91 Å². The number of ether oxygens (including phenoxy) is 1. The van der Waals surface area contributed by atoms with Crippen LogP contribution in [0.5, 0.6) is 0 Å². The molecule has 0 aliphatic carbocycles. The van der Waals surface area contributed by atoms with Crippen LogP contribution in [0.4, 0.5) is 5.69 Å². The highest BCUT2D eigenvalue weighted by atomic mass is 79.9. The van der Waals surface area contributed by atoms with Gasteiger partial charge < -0.3 is 10.1 Å². The number of anilines is 1. The summed E-state index contributed by atoms with van der Waals surface area (Å²) in [6.45, 7) is 5.99. The summed E-state index contributed by atoms with van der Waals surface area (Å²) in [4.78, 5) is 23.8. The molecule has 1 N–H and O–H groups in total. The van der Waals surface area contributed by atoms with E-state index in [1.54, 1.807) is 24.3 Å². The quantitative estimate of drug-likeness (QED) is 0.780. The van der Waals surface area contributed by atoms with E-state index in [2.05, 4.69) is 42.0 Å². The van der Waals surface area contributed by atoms with Crippen molar-refractivity contribution in [3.8, 4) is 0 Å². The van der Waals surface area contributed by atoms with Crippen molar-refractivity contribution < 1.29 is 14.3 Å². The molecule has 0 fully saturated rings. The molecule has 126 valence electrons. The van der Waals surface area contributed by atoms with E-state index < -0.39 is 5.97 Å². The Morgan fingerprint density at radius 1 is 1.00 bits per heavy atom. The van der Waals surface area contributed by atoms with Crippen LogP contribution >= 0.6 is 15.9 Å². The minimum Gasteiger partial charge on any atom is -0.452 e. The van der Waals surface area contributed by atoms with Crippen molar-refractivity contribution >= 4 is 33.5 Å². The van der Waals surface area contributed by atoms with Gasteiger partial charge in [0.15, 0.2) is 6.61 Å². The molecule has 0 radical (unpaired) electrons. The summed E-state index contributed by atoms with van der Waals surface area (Å²) in [6.07, 6.45) is 0. The van der Waals surface area contributed by atoms with E-state index in [0.717, 1.165) is 10.0 Å². The Morgan fingerprint density at radius 3 is 2.12 bits per heavy atom. The van der Waals surface area contributed by atoms with Crippen LogP contribution in [0.3, 0.4) is 0 Å². The third kappa shape index (κ3) is 5.20. The number of carbonyl (C=O) groups excluding carboxylic acids is 2. The number of amides is 1. The fourth-order valence-corrected chi connectivity index (χ4v) is 2.32. The Labute approximate surface area is 150 Å². The van der Waals surface area contributed by atoms with Crippen molar-refractivity contribution in [2.45, 2.75) is 26.2 Å². The summed E-state index contributed by atoms with van der Waals surface area (Å²) in [5, 5.41) is 2.67. The fraction of sp³-hybridized carbons (Fsp3) is 0.263. The molecule has 0 bridgehead atoms. The second-order valence-corrected chi connectivity index (χ2v) is 7.37. The van der Waals surface area contributed by atoms with E-state index >= 15 is 0 Å². The van der Waals surface area contributed by atoms with Crippen molar-refractivity contribution in [2.24, 2.45) is 0 Å². The third-order valence-electron chi connectivity index (χ3n) is 3.45. The Morgan fingerprint density at radius 2 is 1.58 bits per heavy atom. The summed E-state index contributed by atoms with van der Waals surface area (Å²) in [6, 6.07) is 14.4. The van der Waals surface area contributed by atoms with Crippen molar-refractivity contribution in [3.05, 3.63) is 64.1 Å². The van der Waals surface area contributed by atoms with Crippen molar-refractivity contribution in [1.82, 2.24) is 0 Å². The average Bonchev–Trinajstić information content (AvgIpc) is 2.54. The molecule has 0 saturated carbocycles. The molecule has 5 heteroatoms. The normalized spacial score (nSPS) is 11.0. The van der Waals surface area contributed by atoms with Gasteiger partial charge in [-0.3, -0.25) is 4.79 Å². The Kier molecular flexibility index (Phi) is 5.78. The molecule has 0 unspecified atom stereocenters. The van der Waals surface area contributed by atoms with E-state index in [1.165, 1.54) is 0 Å². The van der Waals surface area contributed by atoms with E-state index in [0.29, 0.717) is 11.3 Å². The fourth-order valence-electron chi connectivity index (χ4n) is 2.05. The Balaban J connectivity index is 1.88. The van der Waals surface area contributed by atoms with Crippen LogP contribution in [-0.4, -0.2) is 18.5 Å². The first kappa shape index (κ1) is 18.2. The van der Waals surface area contributed by atoms with Gasteiger partial charge in [-0.1, -0.05) is 48.8 Å². The van der Waals surface area contributed by atoms with Crippen LogP contribution in [0.1, 0.15) is 36.7 Å². The van der Waals surface area contributed by atoms with Gasteiger partial charge in [-0.25, -0.2) is 4.79 Å². The highest BCUT2D eigenvalue weighted by Gasteiger charge is 2.15. The summed E-state index contributed by atoms with van der Waals surface area (Å²) in [5.41, 5.74) is 2.23. The van der Waals surface area contributed by atoms with E-state index in [1.807, 2.05) is 24.3 Å². The lowest BCUT2D eigenvalue weighted by atomic mass is 9.87. The zero-order valence-corrected chi connectivity index (χ0v) is 15.5. The van der Waals surface area contributed by atoms with Crippen LogP contribution in [0.25, 0.3) is 0 Å². The van der Waals surface area contributed by atoms with Gasteiger partial charge in [0.05, 0.1) is 5.56 Å². The molecule has 0 atom stereocenters. The maximum absolute atomic E-state index is 12.0. The van der Waals surface area contributed by atoms with Crippen LogP contribution in [-0.2, 0) is 14.9 Å². The molecular weight excluding hydrogens is 370 g/mol. The number of rotatable bonds is 4. The molecule has 1 amide bonds. The highest BCUT2D eigenvalue weighted by molar-refractivity contribution is 9.10. The van der Waals surface area contributed by atoms with Crippen LogP contribution < -0.4 is 5.32 Å². The summed E-state index contributed by atoms with van der Waals surface area (Å²) in [7, 11) is 0. The predicted molar refractivity (Wildman–Crippen MR) is 98.2 cm³/mol. The van der Waals surface area contributed by atoms with Crippen molar-refractivity contribution in [2.75, 3.05) is 11.9 Å². The van der Waals surface area contributed by atoms with Gasteiger partial charge >= 0.3 is 5.97 Å². The number of benzene rings is 2. The van der Waals surface area contributed by atoms with Gasteiger partial charge in [-0.2, -0.15) is 0 Å². The number of esters is 1. The number of nitrogens with one attached hydrogen (secondary N) is 1. The minimum absolute atomic E-state index is 0.0208. The zero-order chi connectivity index (χ0) is 17.7. The Bertz CT molecular complexity index is 716. The van der Waals surface area contributed by atoms with E-state index in [-0.39, 0.29) is 17.9 Å². The first-order valence-electron chi connectivity index (χ1n) is 7.59. The Hall–Kier alpha value is -2.14. The van der Waals surface area contributed by atoms with Gasteiger partial charge in [-0.05, 0) is 47.4 Å². The number of carbonyl (C=O) groups is 2. The second-order valence-electron chi connectivity index (χ2n) is 6.46. The molecule has 2 aromatic carbocycles. The first-order chi connectivity index (χ1) is 11.3. The summed E-state index contributed by atoms with van der Waals surface area (Å²) < 4.78 is 5.97. The lowest BCUT2D eigenvalue weighted by Crippen LogP contribution is -2.21. The molecule has 0 aromatic heterocycles. The SMILES string of the molecule is CC(C)(C)c1ccc(C(=O)OCC(=O)Nc2ccc(Br)cc2)cc1. The van der Waals surface area contributed by atoms with Crippen LogP contribution in [0, 0.1) is 0 Å². The van der Waals surface area contributed by atoms with Gasteiger partial charge in [0, 0.05) is 10.2 Å². The van der Waals surface area contributed by atoms with Crippen LogP contribution in [0.15, 0.2) is 53.0 Å². The molecule has 0 heterocycles. The van der Waals surface area contributed by atoms with E-state index in [9.17, 15) is 9.59 Å². The third-order valence-corrected chi connectivity index (χ3v) is 3.98. The topological polar surface area (TPSA) is 55.4 Å². The maximum atomic E-state index is 12.0. The van der Waals surface area contributed by atoms with Gasteiger partial charge in [0.2, 0.25) is 0 Å². The molecule has 4 nitrogen and oxygen atoms in total. The molecule has 0 aliphatic heterocycles. The molecule has 0 spiro atoms. The number of hydrogen-bond acceptors (Lipinski definition) is 3. The standard InChI is InChI=1S/C19H20BrNO3/c1-19(2,3)14-6-4-13(5-7-14)18(23)24-12-17(22)21-16-10-8-15(20)9-11-16/h4-11H,12H2,1-3H3,(H,21,22). The number of halogens is 1. The van der Waals surface area contributed by atoms with Crippen molar-refractivity contribution in [3.63, 3.8) is 0 Å². The predicted octanol–water partition coefficient (Wildman–Crippen LogP) is 4.54. The smallest absolute Gasteiger partial charge is 0.338 e. The lowest BCUT2D eigenvalue weighted by Gasteiger charge is -2.18. The molecule has 2 aromatic rings. The molecule has 2 rings (SSSR count).